The maximum Gasteiger partial charge on any atom is 0.435 e. The summed E-state index contributed by atoms with van der Waals surface area (Å²) in [6.45, 7) is -0.559. The van der Waals surface area contributed by atoms with Crippen LogP contribution in [0.2, 0.25) is 0 Å². The smallest absolute Gasteiger partial charge is 0.435 e. The number of ether oxygens (including phenoxy) is 2. The molecule has 0 bridgehead atoms. The monoisotopic (exact) mass is 443 g/mol. The van der Waals surface area contributed by atoms with Crippen LogP contribution >= 0.6 is 0 Å². The Balaban J connectivity index is 1.98. The summed E-state index contributed by atoms with van der Waals surface area (Å²) in [5.74, 6) is -1.25. The van der Waals surface area contributed by atoms with Crippen LogP contribution in [-0.4, -0.2) is 25.3 Å². The van der Waals surface area contributed by atoms with Crippen LogP contribution < -0.4 is 14.6 Å². The van der Waals surface area contributed by atoms with Gasteiger partial charge in [-0.15, -0.1) is 0 Å². The number of nitrogens with zero attached hydrogens (tertiary/aromatic N) is 2. The van der Waals surface area contributed by atoms with Crippen molar-refractivity contribution in [2.24, 2.45) is 5.14 Å². The van der Waals surface area contributed by atoms with Gasteiger partial charge in [0, 0.05) is 11.1 Å². The number of methoxy groups -OCH3 is 1. The van der Waals surface area contributed by atoms with Crippen molar-refractivity contribution in [3.8, 4) is 28.4 Å². The van der Waals surface area contributed by atoms with Crippen molar-refractivity contribution in [3.05, 3.63) is 53.5 Å². The minimum Gasteiger partial charge on any atom is -0.494 e. The van der Waals surface area contributed by atoms with E-state index in [2.05, 4.69) is 5.10 Å². The summed E-state index contributed by atoms with van der Waals surface area (Å²) in [5.41, 5.74) is -1.30. The molecule has 0 saturated heterocycles. The Morgan fingerprint density at radius 1 is 1.17 bits per heavy atom. The van der Waals surface area contributed by atoms with Crippen molar-refractivity contribution in [1.29, 1.82) is 0 Å². The van der Waals surface area contributed by atoms with Gasteiger partial charge in [-0.3, -0.25) is 0 Å². The number of sulfonamides is 1. The van der Waals surface area contributed by atoms with Crippen molar-refractivity contribution in [1.82, 2.24) is 9.78 Å². The Hall–Kier alpha value is -3.12. The van der Waals surface area contributed by atoms with Gasteiger partial charge in [0.15, 0.2) is 17.2 Å². The molecule has 1 aliphatic rings. The zero-order chi connectivity index (χ0) is 21.8. The first-order valence-corrected chi connectivity index (χ1v) is 9.89. The fourth-order valence-electron chi connectivity index (χ4n) is 3.22. The molecular formula is C18H13F4N3O4S. The first kappa shape index (κ1) is 20.2. The zero-order valence-corrected chi connectivity index (χ0v) is 16.0. The molecule has 1 aliphatic heterocycles. The molecule has 0 spiro atoms. The normalized spacial score (nSPS) is 13.4. The number of benzene rings is 2. The van der Waals surface area contributed by atoms with E-state index in [9.17, 15) is 26.0 Å². The molecule has 1 aromatic heterocycles. The van der Waals surface area contributed by atoms with Crippen LogP contribution in [0, 0.1) is 5.82 Å². The second-order valence-electron chi connectivity index (χ2n) is 6.37. The third kappa shape index (κ3) is 3.17. The van der Waals surface area contributed by atoms with E-state index in [1.807, 2.05) is 0 Å². The fraction of sp³-hybridized carbons (Fsp3) is 0.167. The highest BCUT2D eigenvalue weighted by molar-refractivity contribution is 7.89. The quantitative estimate of drug-likeness (QED) is 0.627. The topological polar surface area (TPSA) is 96.4 Å². The van der Waals surface area contributed by atoms with E-state index in [1.165, 1.54) is 31.4 Å². The minimum atomic E-state index is -4.79. The largest absolute Gasteiger partial charge is 0.494 e. The van der Waals surface area contributed by atoms with E-state index in [-0.39, 0.29) is 38.9 Å². The summed E-state index contributed by atoms with van der Waals surface area (Å²) in [6, 6.07) is 7.42. The lowest BCUT2D eigenvalue weighted by molar-refractivity contribution is -0.142. The Labute approximate surface area is 167 Å². The molecule has 0 atom stereocenters. The van der Waals surface area contributed by atoms with Crippen LogP contribution in [-0.2, 0) is 22.8 Å². The van der Waals surface area contributed by atoms with Gasteiger partial charge in [-0.25, -0.2) is 18.2 Å². The molecule has 0 unspecified atom stereocenters. The maximum absolute atomic E-state index is 14.6. The number of fused-ring (bicyclic) bond motifs is 3. The molecule has 2 aromatic carbocycles. The van der Waals surface area contributed by atoms with Gasteiger partial charge < -0.3 is 9.47 Å². The molecule has 0 aliphatic carbocycles. The van der Waals surface area contributed by atoms with Gasteiger partial charge in [0.2, 0.25) is 15.8 Å². The van der Waals surface area contributed by atoms with Crippen LogP contribution in [0.4, 0.5) is 17.6 Å². The highest BCUT2D eigenvalue weighted by atomic mass is 32.2. The second-order valence-corrected chi connectivity index (χ2v) is 7.93. The molecule has 2 N–H and O–H groups in total. The number of hydrogen-bond acceptors (Lipinski definition) is 5. The first-order valence-electron chi connectivity index (χ1n) is 8.34. The van der Waals surface area contributed by atoms with Crippen molar-refractivity contribution in [3.63, 3.8) is 0 Å². The minimum absolute atomic E-state index is 0.0199. The molecule has 30 heavy (non-hydrogen) atoms. The van der Waals surface area contributed by atoms with Crippen LogP contribution in [0.25, 0.3) is 16.9 Å². The summed E-state index contributed by atoms with van der Waals surface area (Å²) < 4.78 is 89.4. The summed E-state index contributed by atoms with van der Waals surface area (Å²) in [7, 11) is -2.74. The van der Waals surface area contributed by atoms with Crippen LogP contribution in [0.1, 0.15) is 11.3 Å². The molecule has 158 valence electrons. The predicted octanol–water partition coefficient (Wildman–Crippen LogP) is 3.25. The van der Waals surface area contributed by atoms with Gasteiger partial charge in [-0.05, 0) is 36.4 Å². The Morgan fingerprint density at radius 3 is 2.40 bits per heavy atom. The fourth-order valence-corrected chi connectivity index (χ4v) is 3.74. The molecule has 0 amide bonds. The lowest BCUT2D eigenvalue weighted by atomic mass is 10.0. The summed E-state index contributed by atoms with van der Waals surface area (Å²) >= 11 is 0. The SMILES string of the molecule is COc1ccc2c(c1F)OCc1c(C(F)(F)F)nn(-c3ccc(S(N)(=O)=O)cc3)c1-2. The number of aromatic nitrogens is 2. The first-order chi connectivity index (χ1) is 14.0. The van der Waals surface area contributed by atoms with Crippen LogP contribution in [0.3, 0.4) is 0 Å². The van der Waals surface area contributed by atoms with E-state index in [0.29, 0.717) is 0 Å². The van der Waals surface area contributed by atoms with Gasteiger partial charge in [0.1, 0.15) is 6.61 Å². The molecule has 0 saturated carbocycles. The van der Waals surface area contributed by atoms with E-state index < -0.39 is 34.3 Å². The number of hydrogen-bond donors (Lipinski definition) is 1. The average molecular weight is 443 g/mol. The molecule has 4 rings (SSSR count). The van der Waals surface area contributed by atoms with E-state index >= 15 is 0 Å². The van der Waals surface area contributed by atoms with Gasteiger partial charge in [0.05, 0.1) is 23.4 Å². The Bertz CT molecular complexity index is 1250. The van der Waals surface area contributed by atoms with Crippen molar-refractivity contribution in [2.45, 2.75) is 17.7 Å². The second kappa shape index (κ2) is 6.71. The molecule has 0 fully saturated rings. The molecule has 0 radical (unpaired) electrons. The lowest BCUT2D eigenvalue weighted by Crippen LogP contribution is -2.13. The summed E-state index contributed by atoms with van der Waals surface area (Å²) in [4.78, 5) is -0.220. The van der Waals surface area contributed by atoms with Gasteiger partial charge in [0.25, 0.3) is 0 Å². The number of halogens is 4. The maximum atomic E-state index is 14.6. The summed E-state index contributed by atoms with van der Waals surface area (Å²) in [5, 5.41) is 8.73. The highest BCUT2D eigenvalue weighted by Gasteiger charge is 2.42. The Kier molecular flexibility index (Phi) is 4.51. The van der Waals surface area contributed by atoms with E-state index in [0.717, 1.165) is 16.8 Å². The molecule has 2 heterocycles. The highest BCUT2D eigenvalue weighted by Crippen LogP contribution is 2.46. The Morgan fingerprint density at radius 2 is 1.83 bits per heavy atom. The average Bonchev–Trinajstić information content (AvgIpc) is 3.08. The molecule has 3 aromatic rings. The zero-order valence-electron chi connectivity index (χ0n) is 15.2. The van der Waals surface area contributed by atoms with Crippen LogP contribution in [0.15, 0.2) is 41.3 Å². The van der Waals surface area contributed by atoms with Crippen LogP contribution in [0.5, 0.6) is 11.5 Å². The number of rotatable bonds is 3. The lowest BCUT2D eigenvalue weighted by Gasteiger charge is -2.21. The van der Waals surface area contributed by atoms with Gasteiger partial charge >= 0.3 is 6.18 Å². The van der Waals surface area contributed by atoms with Crippen molar-refractivity contribution >= 4 is 10.0 Å². The van der Waals surface area contributed by atoms with Crippen molar-refractivity contribution in [2.75, 3.05) is 7.11 Å². The number of primary sulfonamides is 1. The van der Waals surface area contributed by atoms with E-state index in [4.69, 9.17) is 14.6 Å². The summed E-state index contributed by atoms with van der Waals surface area (Å²) in [6.07, 6.45) is -4.79. The van der Waals surface area contributed by atoms with Gasteiger partial charge in [-0.2, -0.15) is 22.7 Å². The number of alkyl halides is 3. The third-order valence-electron chi connectivity index (χ3n) is 4.56. The van der Waals surface area contributed by atoms with E-state index in [1.54, 1.807) is 0 Å². The molecular weight excluding hydrogens is 430 g/mol. The third-order valence-corrected chi connectivity index (χ3v) is 5.49. The molecule has 7 nitrogen and oxygen atoms in total. The number of nitrogens with two attached hydrogens (primary N) is 1. The molecule has 12 heteroatoms. The van der Waals surface area contributed by atoms with Gasteiger partial charge in [-0.1, -0.05) is 0 Å². The predicted molar refractivity (Wildman–Crippen MR) is 96.2 cm³/mol. The standard InChI is InChI=1S/C18H13F4N3O4S/c1-28-13-7-6-11-15-12(8-29-16(11)14(13)19)17(18(20,21)22)24-25(15)9-2-4-10(5-3-9)30(23,26)27/h2-7H,8H2,1H3,(H2,23,26,27). The van der Waals surface area contributed by atoms with Crippen molar-refractivity contribution < 1.29 is 35.5 Å².